The Morgan fingerprint density at radius 1 is 1.08 bits per heavy atom. The molecule has 0 radical (unpaired) electrons. The Morgan fingerprint density at radius 3 is 2.44 bits per heavy atom. The van der Waals surface area contributed by atoms with Gasteiger partial charge in [-0.3, -0.25) is 15.0 Å². The standard InChI is InChI=1S/C25H27N3O7S/c1-34-24(30)28-14-11-25(12-15-28,23(29)27-31)17-36(32,33)20-8-6-19(7-9-20)35-16-18-10-13-26-22-5-3-2-4-21(18)22/h2-10,13,31H,11-12,14-17H2,1H3,(H,27,29). The van der Waals surface area contributed by atoms with Crippen LogP contribution in [0, 0.1) is 5.41 Å². The summed E-state index contributed by atoms with van der Waals surface area (Å²) in [5.74, 6) is -0.811. The molecule has 1 aliphatic rings. The first-order valence-corrected chi connectivity index (χ1v) is 13.0. The van der Waals surface area contributed by atoms with E-state index in [1.165, 1.54) is 24.1 Å². The molecule has 36 heavy (non-hydrogen) atoms. The van der Waals surface area contributed by atoms with Crippen molar-refractivity contribution in [3.05, 3.63) is 66.4 Å². The minimum atomic E-state index is -3.90. The molecular formula is C25H27N3O7S. The van der Waals surface area contributed by atoms with Gasteiger partial charge in [-0.15, -0.1) is 0 Å². The Labute approximate surface area is 208 Å². The molecule has 2 N–H and O–H groups in total. The summed E-state index contributed by atoms with van der Waals surface area (Å²) in [6.45, 7) is 0.545. The van der Waals surface area contributed by atoms with Crippen LogP contribution in [0.2, 0.25) is 0 Å². The fraction of sp³-hybridized carbons (Fsp3) is 0.320. The van der Waals surface area contributed by atoms with Crippen molar-refractivity contribution in [2.45, 2.75) is 24.3 Å². The van der Waals surface area contributed by atoms with Gasteiger partial charge >= 0.3 is 6.09 Å². The molecule has 1 fully saturated rings. The highest BCUT2D eigenvalue weighted by Crippen LogP contribution is 2.35. The minimum absolute atomic E-state index is 0.0322. The Bertz CT molecular complexity index is 1350. The van der Waals surface area contributed by atoms with E-state index in [0.29, 0.717) is 5.75 Å². The summed E-state index contributed by atoms with van der Waals surface area (Å²) >= 11 is 0. The first kappa shape index (κ1) is 25.4. The molecule has 2 aromatic carbocycles. The van der Waals surface area contributed by atoms with Gasteiger partial charge in [-0.25, -0.2) is 18.7 Å². The van der Waals surface area contributed by atoms with Crippen molar-refractivity contribution in [2.75, 3.05) is 26.0 Å². The van der Waals surface area contributed by atoms with Crippen molar-refractivity contribution in [3.8, 4) is 5.75 Å². The van der Waals surface area contributed by atoms with Crippen LogP contribution in [0.5, 0.6) is 5.75 Å². The highest BCUT2D eigenvalue weighted by Gasteiger charge is 2.46. The van der Waals surface area contributed by atoms with E-state index in [1.54, 1.807) is 23.8 Å². The molecule has 4 rings (SSSR count). The number of aromatic nitrogens is 1. The molecule has 2 heterocycles. The Morgan fingerprint density at radius 2 is 1.78 bits per heavy atom. The number of likely N-dealkylation sites (tertiary alicyclic amines) is 1. The van der Waals surface area contributed by atoms with E-state index in [4.69, 9.17) is 9.47 Å². The largest absolute Gasteiger partial charge is 0.489 e. The second-order valence-electron chi connectivity index (χ2n) is 8.68. The molecule has 3 aromatic rings. The van der Waals surface area contributed by atoms with Gasteiger partial charge in [0, 0.05) is 30.2 Å². The van der Waals surface area contributed by atoms with Crippen LogP contribution < -0.4 is 10.2 Å². The van der Waals surface area contributed by atoms with Gasteiger partial charge in [-0.1, -0.05) is 18.2 Å². The molecule has 11 heteroatoms. The monoisotopic (exact) mass is 513 g/mol. The lowest BCUT2D eigenvalue weighted by atomic mass is 9.79. The predicted octanol–water partition coefficient (Wildman–Crippen LogP) is 2.94. The first-order chi connectivity index (χ1) is 17.3. The lowest BCUT2D eigenvalue weighted by Crippen LogP contribution is -2.52. The van der Waals surface area contributed by atoms with Gasteiger partial charge in [0.05, 0.1) is 28.7 Å². The van der Waals surface area contributed by atoms with Gasteiger partial charge < -0.3 is 14.4 Å². The maximum absolute atomic E-state index is 13.2. The SMILES string of the molecule is COC(=O)N1CCC(CS(=O)(=O)c2ccc(OCc3ccnc4ccccc34)cc2)(C(=O)NO)CC1. The van der Waals surface area contributed by atoms with Crippen molar-refractivity contribution in [2.24, 2.45) is 5.41 Å². The van der Waals surface area contributed by atoms with Crippen LogP contribution in [0.1, 0.15) is 18.4 Å². The molecule has 1 aliphatic heterocycles. The maximum Gasteiger partial charge on any atom is 0.409 e. The van der Waals surface area contributed by atoms with Gasteiger partial charge in [-0.2, -0.15) is 0 Å². The normalized spacial score (nSPS) is 15.3. The first-order valence-electron chi connectivity index (χ1n) is 11.3. The number of nitrogens with zero attached hydrogens (tertiary/aromatic N) is 2. The number of hydroxylamine groups is 1. The molecule has 1 saturated heterocycles. The van der Waals surface area contributed by atoms with Crippen LogP contribution in [0.15, 0.2) is 65.7 Å². The van der Waals surface area contributed by atoms with Crippen molar-refractivity contribution >= 4 is 32.7 Å². The van der Waals surface area contributed by atoms with E-state index < -0.39 is 33.0 Å². The van der Waals surface area contributed by atoms with Gasteiger partial charge in [0.15, 0.2) is 9.84 Å². The van der Waals surface area contributed by atoms with Gasteiger partial charge in [0.1, 0.15) is 12.4 Å². The molecule has 0 aliphatic carbocycles. The minimum Gasteiger partial charge on any atom is -0.489 e. The van der Waals surface area contributed by atoms with Crippen LogP contribution in [-0.2, 0) is 26.0 Å². The number of methoxy groups -OCH3 is 1. The van der Waals surface area contributed by atoms with E-state index in [1.807, 2.05) is 30.3 Å². The number of benzene rings is 2. The zero-order chi connectivity index (χ0) is 25.8. The molecule has 0 bridgehead atoms. The Hall–Kier alpha value is -3.70. The van der Waals surface area contributed by atoms with E-state index in [9.17, 15) is 23.2 Å². The van der Waals surface area contributed by atoms with Crippen molar-refractivity contribution in [1.29, 1.82) is 0 Å². The molecule has 0 saturated carbocycles. The van der Waals surface area contributed by atoms with Crippen LogP contribution in [0.25, 0.3) is 10.9 Å². The van der Waals surface area contributed by atoms with Crippen LogP contribution >= 0.6 is 0 Å². The van der Waals surface area contributed by atoms with Crippen LogP contribution in [0.4, 0.5) is 4.79 Å². The smallest absolute Gasteiger partial charge is 0.409 e. The number of rotatable bonds is 7. The summed E-state index contributed by atoms with van der Waals surface area (Å²) < 4.78 is 37.0. The lowest BCUT2D eigenvalue weighted by molar-refractivity contribution is -0.141. The molecule has 0 spiro atoms. The van der Waals surface area contributed by atoms with Crippen LogP contribution in [-0.4, -0.2) is 61.5 Å². The third-order valence-corrected chi connectivity index (χ3v) is 8.44. The molecule has 1 aromatic heterocycles. The molecule has 190 valence electrons. The summed E-state index contributed by atoms with van der Waals surface area (Å²) in [6, 6.07) is 15.6. The average molecular weight is 514 g/mol. The number of nitrogens with one attached hydrogen (secondary N) is 1. The number of hydrogen-bond donors (Lipinski definition) is 2. The molecule has 2 amide bonds. The number of para-hydroxylation sites is 1. The second-order valence-corrected chi connectivity index (χ2v) is 10.7. The zero-order valence-corrected chi connectivity index (χ0v) is 20.5. The number of carbonyl (C=O) groups excluding carboxylic acids is 2. The molecule has 0 unspecified atom stereocenters. The summed E-state index contributed by atoms with van der Waals surface area (Å²) in [5.41, 5.74) is 2.03. The number of pyridine rings is 1. The zero-order valence-electron chi connectivity index (χ0n) is 19.7. The highest BCUT2D eigenvalue weighted by molar-refractivity contribution is 7.91. The van der Waals surface area contributed by atoms with Crippen molar-refractivity contribution in [1.82, 2.24) is 15.4 Å². The number of carbonyl (C=O) groups is 2. The summed E-state index contributed by atoms with van der Waals surface area (Å²) in [5, 5.41) is 10.3. The number of piperidine rings is 1. The van der Waals surface area contributed by atoms with E-state index in [0.717, 1.165) is 16.5 Å². The predicted molar refractivity (Wildman–Crippen MR) is 130 cm³/mol. The number of hydrogen-bond acceptors (Lipinski definition) is 8. The number of amides is 2. The van der Waals surface area contributed by atoms with Gasteiger partial charge in [0.2, 0.25) is 0 Å². The average Bonchev–Trinajstić information content (AvgIpc) is 2.91. The highest BCUT2D eigenvalue weighted by atomic mass is 32.2. The molecular weight excluding hydrogens is 486 g/mol. The number of sulfone groups is 1. The summed E-state index contributed by atoms with van der Waals surface area (Å²) in [4.78, 5) is 30.1. The van der Waals surface area contributed by atoms with E-state index in [2.05, 4.69) is 4.98 Å². The van der Waals surface area contributed by atoms with Crippen molar-refractivity contribution < 1.29 is 32.7 Å². The van der Waals surface area contributed by atoms with Gasteiger partial charge in [0.25, 0.3) is 5.91 Å². The second kappa shape index (κ2) is 10.5. The topological polar surface area (TPSA) is 135 Å². The third kappa shape index (κ3) is 5.26. The Balaban J connectivity index is 1.46. The fourth-order valence-corrected chi connectivity index (χ4v) is 6.30. The molecule has 0 atom stereocenters. The van der Waals surface area contributed by atoms with Gasteiger partial charge in [-0.05, 0) is 49.2 Å². The Kier molecular flexibility index (Phi) is 7.41. The van der Waals surface area contributed by atoms with E-state index >= 15 is 0 Å². The lowest BCUT2D eigenvalue weighted by Gasteiger charge is -2.39. The number of ether oxygens (including phenoxy) is 2. The maximum atomic E-state index is 13.2. The molecule has 10 nitrogen and oxygen atoms in total. The van der Waals surface area contributed by atoms with E-state index in [-0.39, 0.29) is 37.4 Å². The summed E-state index contributed by atoms with van der Waals surface area (Å²) in [7, 11) is -2.65. The number of fused-ring (bicyclic) bond motifs is 1. The third-order valence-electron chi connectivity index (χ3n) is 6.52. The van der Waals surface area contributed by atoms with Crippen LogP contribution in [0.3, 0.4) is 0 Å². The quantitative estimate of drug-likeness (QED) is 0.364. The summed E-state index contributed by atoms with van der Waals surface area (Å²) in [6.07, 6.45) is 1.29. The van der Waals surface area contributed by atoms with Crippen molar-refractivity contribution in [3.63, 3.8) is 0 Å². The fourth-order valence-electron chi connectivity index (χ4n) is 4.43.